The highest BCUT2D eigenvalue weighted by atomic mass is 19.2. The molecule has 1 amide bonds. The molecule has 0 fully saturated rings. The zero-order chi connectivity index (χ0) is 11.7. The van der Waals surface area contributed by atoms with Crippen LogP contribution in [0.3, 0.4) is 0 Å². The molecule has 0 bridgehead atoms. The third-order valence-corrected chi connectivity index (χ3v) is 2.39. The normalized spacial score (nSPS) is 14.7. The minimum Gasteiger partial charge on any atom is -0.357 e. The number of carbonyl (C=O) groups excluding carboxylic acids is 1. The molecular weight excluding hydrogens is 216 g/mol. The molecule has 16 heavy (non-hydrogen) atoms. The summed E-state index contributed by atoms with van der Waals surface area (Å²) in [7, 11) is 0. The van der Waals surface area contributed by atoms with Crippen LogP contribution in [0.4, 0.5) is 20.2 Å². The molecular formula is C10H11F2N3O. The zero-order valence-corrected chi connectivity index (χ0v) is 8.46. The van der Waals surface area contributed by atoms with E-state index in [2.05, 4.69) is 5.32 Å². The summed E-state index contributed by atoms with van der Waals surface area (Å²) in [4.78, 5) is 12.7. The molecule has 1 aliphatic rings. The van der Waals surface area contributed by atoms with E-state index in [0.29, 0.717) is 6.54 Å². The number of halogens is 2. The Morgan fingerprint density at radius 2 is 2.19 bits per heavy atom. The lowest BCUT2D eigenvalue weighted by molar-refractivity contribution is -0.115. The summed E-state index contributed by atoms with van der Waals surface area (Å²) in [5.41, 5.74) is 5.72. The van der Waals surface area contributed by atoms with Crippen LogP contribution in [0.15, 0.2) is 12.1 Å². The van der Waals surface area contributed by atoms with Gasteiger partial charge in [-0.2, -0.15) is 0 Å². The van der Waals surface area contributed by atoms with Crippen LogP contribution in [0.25, 0.3) is 0 Å². The molecule has 1 aliphatic heterocycles. The monoisotopic (exact) mass is 227 g/mol. The number of fused-ring (bicyclic) bond motifs is 1. The van der Waals surface area contributed by atoms with Gasteiger partial charge >= 0.3 is 0 Å². The first-order chi connectivity index (χ1) is 7.63. The lowest BCUT2D eigenvalue weighted by atomic mass is 10.1. The number of rotatable bonds is 2. The molecule has 86 valence electrons. The Morgan fingerprint density at radius 3 is 2.88 bits per heavy atom. The van der Waals surface area contributed by atoms with Crippen LogP contribution in [-0.2, 0) is 4.79 Å². The van der Waals surface area contributed by atoms with Crippen LogP contribution in [0.1, 0.15) is 0 Å². The SMILES string of the molecule is NCCN1CC(=O)Nc2ccc(F)c(F)c21. The van der Waals surface area contributed by atoms with Gasteiger partial charge in [-0.15, -0.1) is 0 Å². The summed E-state index contributed by atoms with van der Waals surface area (Å²) in [5, 5.41) is 2.49. The summed E-state index contributed by atoms with van der Waals surface area (Å²) in [6.45, 7) is 0.564. The van der Waals surface area contributed by atoms with Gasteiger partial charge in [-0.3, -0.25) is 4.79 Å². The molecule has 1 aromatic carbocycles. The quantitative estimate of drug-likeness (QED) is 0.781. The molecule has 3 N–H and O–H groups in total. The van der Waals surface area contributed by atoms with E-state index in [4.69, 9.17) is 5.73 Å². The maximum atomic E-state index is 13.6. The molecule has 1 aromatic rings. The van der Waals surface area contributed by atoms with Crippen molar-refractivity contribution in [1.82, 2.24) is 0 Å². The van der Waals surface area contributed by atoms with Crippen LogP contribution in [0.2, 0.25) is 0 Å². The van der Waals surface area contributed by atoms with E-state index in [1.165, 1.54) is 11.0 Å². The standard InChI is InChI=1S/C10H11F2N3O/c11-6-1-2-7-10(9(6)12)15(4-3-13)5-8(16)14-7/h1-2H,3-5,13H2,(H,14,16). The molecule has 0 saturated heterocycles. The molecule has 2 rings (SSSR count). The van der Waals surface area contributed by atoms with Crippen LogP contribution < -0.4 is 16.0 Å². The molecule has 0 spiro atoms. The maximum absolute atomic E-state index is 13.6. The molecule has 1 heterocycles. The lowest BCUT2D eigenvalue weighted by Gasteiger charge is -2.30. The number of benzene rings is 1. The van der Waals surface area contributed by atoms with Gasteiger partial charge in [0.1, 0.15) is 5.69 Å². The highest BCUT2D eigenvalue weighted by Gasteiger charge is 2.26. The summed E-state index contributed by atoms with van der Waals surface area (Å²) < 4.78 is 26.6. The van der Waals surface area contributed by atoms with Gasteiger partial charge in [0.25, 0.3) is 0 Å². The summed E-state index contributed by atoms with van der Waals surface area (Å²) in [6, 6.07) is 2.33. The smallest absolute Gasteiger partial charge is 0.243 e. The van der Waals surface area contributed by atoms with Crippen molar-refractivity contribution in [3.05, 3.63) is 23.8 Å². The molecule has 4 nitrogen and oxygen atoms in total. The van der Waals surface area contributed by atoms with Gasteiger partial charge in [0.05, 0.1) is 12.2 Å². The first kappa shape index (κ1) is 10.8. The number of nitrogens with two attached hydrogens (primary N) is 1. The fourth-order valence-corrected chi connectivity index (χ4v) is 1.74. The number of amides is 1. The molecule has 0 unspecified atom stereocenters. The predicted octanol–water partition coefficient (Wildman–Crippen LogP) is 0.682. The topological polar surface area (TPSA) is 58.4 Å². The van der Waals surface area contributed by atoms with Crippen molar-refractivity contribution in [3.8, 4) is 0 Å². The summed E-state index contributed by atoms with van der Waals surface area (Å²) in [5.74, 6) is -2.14. The Morgan fingerprint density at radius 1 is 1.44 bits per heavy atom. The van der Waals surface area contributed by atoms with Crippen molar-refractivity contribution < 1.29 is 13.6 Å². The number of carbonyl (C=O) groups is 1. The Hall–Kier alpha value is -1.69. The highest BCUT2D eigenvalue weighted by Crippen LogP contribution is 2.33. The van der Waals surface area contributed by atoms with Gasteiger partial charge in [-0.05, 0) is 12.1 Å². The Kier molecular flexibility index (Phi) is 2.74. The van der Waals surface area contributed by atoms with Crippen LogP contribution in [0.5, 0.6) is 0 Å². The molecule has 0 aromatic heterocycles. The zero-order valence-electron chi connectivity index (χ0n) is 8.46. The van der Waals surface area contributed by atoms with Gasteiger partial charge < -0.3 is 16.0 Å². The number of nitrogens with one attached hydrogen (secondary N) is 1. The molecule has 0 radical (unpaired) electrons. The highest BCUT2D eigenvalue weighted by molar-refractivity contribution is 6.01. The average Bonchev–Trinajstić information content (AvgIpc) is 2.23. The number of hydrogen-bond acceptors (Lipinski definition) is 3. The van der Waals surface area contributed by atoms with Crippen molar-refractivity contribution in [2.75, 3.05) is 29.9 Å². The van der Waals surface area contributed by atoms with Crippen molar-refractivity contribution in [2.45, 2.75) is 0 Å². The maximum Gasteiger partial charge on any atom is 0.243 e. The van der Waals surface area contributed by atoms with Gasteiger partial charge in [-0.25, -0.2) is 8.78 Å². The van der Waals surface area contributed by atoms with Crippen LogP contribution >= 0.6 is 0 Å². The number of nitrogens with zero attached hydrogens (tertiary/aromatic N) is 1. The molecule has 0 atom stereocenters. The minimum atomic E-state index is -0.953. The fraction of sp³-hybridized carbons (Fsp3) is 0.300. The predicted molar refractivity (Wildman–Crippen MR) is 56.3 cm³/mol. The summed E-state index contributed by atoms with van der Waals surface area (Å²) in [6.07, 6.45) is 0. The first-order valence-corrected chi connectivity index (χ1v) is 4.86. The average molecular weight is 227 g/mol. The minimum absolute atomic E-state index is 0.00935. The second kappa shape index (κ2) is 4.05. The van der Waals surface area contributed by atoms with E-state index in [1.807, 2.05) is 0 Å². The lowest BCUT2D eigenvalue weighted by Crippen LogP contribution is -2.41. The number of hydrogen-bond donors (Lipinski definition) is 2. The van der Waals surface area contributed by atoms with E-state index < -0.39 is 11.6 Å². The first-order valence-electron chi connectivity index (χ1n) is 4.86. The molecule has 6 heteroatoms. The Bertz CT molecular complexity index is 436. The molecule has 0 saturated carbocycles. The van der Waals surface area contributed by atoms with E-state index >= 15 is 0 Å². The van der Waals surface area contributed by atoms with E-state index in [9.17, 15) is 13.6 Å². The van der Waals surface area contributed by atoms with Crippen LogP contribution in [-0.4, -0.2) is 25.5 Å². The van der Waals surface area contributed by atoms with Gasteiger partial charge in [-0.1, -0.05) is 0 Å². The second-order valence-corrected chi connectivity index (χ2v) is 3.52. The van der Waals surface area contributed by atoms with Crippen molar-refractivity contribution >= 4 is 17.3 Å². The third-order valence-electron chi connectivity index (χ3n) is 2.39. The Labute approximate surface area is 91.0 Å². The Balaban J connectivity index is 2.49. The van der Waals surface area contributed by atoms with E-state index in [1.54, 1.807) is 0 Å². The van der Waals surface area contributed by atoms with Crippen molar-refractivity contribution in [3.63, 3.8) is 0 Å². The fourth-order valence-electron chi connectivity index (χ4n) is 1.74. The van der Waals surface area contributed by atoms with Gasteiger partial charge in [0.2, 0.25) is 5.91 Å². The number of anilines is 2. The van der Waals surface area contributed by atoms with Gasteiger partial charge in [0.15, 0.2) is 11.6 Å². The van der Waals surface area contributed by atoms with Crippen molar-refractivity contribution in [2.24, 2.45) is 5.73 Å². The van der Waals surface area contributed by atoms with Crippen molar-refractivity contribution in [1.29, 1.82) is 0 Å². The second-order valence-electron chi connectivity index (χ2n) is 3.52. The largest absolute Gasteiger partial charge is 0.357 e. The molecule has 0 aliphatic carbocycles. The van der Waals surface area contributed by atoms with E-state index in [0.717, 1.165) is 6.07 Å². The van der Waals surface area contributed by atoms with E-state index in [-0.39, 0.29) is 30.4 Å². The third kappa shape index (κ3) is 1.71. The summed E-state index contributed by atoms with van der Waals surface area (Å²) >= 11 is 0. The van der Waals surface area contributed by atoms with Crippen LogP contribution in [0, 0.1) is 11.6 Å². The van der Waals surface area contributed by atoms with Gasteiger partial charge in [0, 0.05) is 13.1 Å².